The fourth-order valence-corrected chi connectivity index (χ4v) is 2.64. The number of aryl methyl sites for hydroxylation is 1. The van der Waals surface area contributed by atoms with E-state index >= 15 is 0 Å². The molecule has 28 heavy (non-hydrogen) atoms. The van der Waals surface area contributed by atoms with Crippen molar-refractivity contribution in [1.82, 2.24) is 10.6 Å². The summed E-state index contributed by atoms with van der Waals surface area (Å²) in [6.07, 6.45) is 0. The number of ether oxygens (including phenoxy) is 1. The van der Waals surface area contributed by atoms with Crippen molar-refractivity contribution >= 4 is 41.5 Å². The Morgan fingerprint density at radius 1 is 1.14 bits per heavy atom. The zero-order valence-corrected chi connectivity index (χ0v) is 19.2. The van der Waals surface area contributed by atoms with Crippen molar-refractivity contribution in [3.63, 3.8) is 0 Å². The van der Waals surface area contributed by atoms with Gasteiger partial charge in [0.2, 0.25) is 5.91 Å². The van der Waals surface area contributed by atoms with Gasteiger partial charge in [0.05, 0.1) is 19.3 Å². The number of nitrogens with one attached hydrogen (secondary N) is 3. The summed E-state index contributed by atoms with van der Waals surface area (Å²) < 4.78 is 5.29. The molecule has 152 valence electrons. The molecule has 3 N–H and O–H groups in total. The molecular formula is C21H29IN4O2. The van der Waals surface area contributed by atoms with Crippen molar-refractivity contribution in [2.24, 2.45) is 4.99 Å². The molecule has 7 heteroatoms. The summed E-state index contributed by atoms with van der Waals surface area (Å²) in [6, 6.07) is 13.9. The van der Waals surface area contributed by atoms with Crippen molar-refractivity contribution in [1.29, 1.82) is 0 Å². The van der Waals surface area contributed by atoms with Crippen LogP contribution in [0.1, 0.15) is 30.5 Å². The minimum atomic E-state index is -0.137. The summed E-state index contributed by atoms with van der Waals surface area (Å²) in [4.78, 5) is 16.0. The Balaban J connectivity index is 0.00000392. The van der Waals surface area contributed by atoms with Crippen molar-refractivity contribution in [3.05, 3.63) is 59.2 Å². The van der Waals surface area contributed by atoms with Gasteiger partial charge >= 0.3 is 0 Å². The Morgan fingerprint density at radius 2 is 1.89 bits per heavy atom. The Kier molecular flexibility index (Phi) is 10.4. The predicted octanol–water partition coefficient (Wildman–Crippen LogP) is 3.84. The lowest BCUT2D eigenvalue weighted by Gasteiger charge is -2.13. The van der Waals surface area contributed by atoms with Gasteiger partial charge in [0.1, 0.15) is 5.75 Å². The first-order valence-electron chi connectivity index (χ1n) is 9.04. The molecule has 0 fully saturated rings. The van der Waals surface area contributed by atoms with E-state index in [0.29, 0.717) is 24.5 Å². The molecule has 1 amide bonds. The van der Waals surface area contributed by atoms with Crippen molar-refractivity contribution in [2.75, 3.05) is 19.0 Å². The fourth-order valence-electron chi connectivity index (χ4n) is 2.64. The van der Waals surface area contributed by atoms with Crippen LogP contribution < -0.4 is 20.7 Å². The van der Waals surface area contributed by atoms with E-state index in [1.165, 1.54) is 18.1 Å². The molecule has 2 aromatic carbocycles. The molecule has 2 rings (SSSR count). The first-order chi connectivity index (χ1) is 13.0. The van der Waals surface area contributed by atoms with Crippen LogP contribution in [0.25, 0.3) is 0 Å². The number of guanidine groups is 1. The van der Waals surface area contributed by atoms with Gasteiger partial charge in [-0.1, -0.05) is 30.3 Å². The lowest BCUT2D eigenvalue weighted by molar-refractivity contribution is -0.114. The van der Waals surface area contributed by atoms with Crippen LogP contribution in [0.2, 0.25) is 0 Å². The smallest absolute Gasteiger partial charge is 0.221 e. The highest BCUT2D eigenvalue weighted by Crippen LogP contribution is 2.25. The number of benzene rings is 2. The molecule has 6 nitrogen and oxygen atoms in total. The van der Waals surface area contributed by atoms with E-state index in [4.69, 9.17) is 4.74 Å². The average molecular weight is 496 g/mol. The summed E-state index contributed by atoms with van der Waals surface area (Å²) in [6.45, 7) is 7.58. The number of nitrogens with zero attached hydrogens (tertiary/aromatic N) is 1. The zero-order chi connectivity index (χ0) is 19.6. The molecule has 0 bridgehead atoms. The number of carbonyl (C=O) groups excluding carboxylic acids is 1. The molecule has 2 aromatic rings. The summed E-state index contributed by atoms with van der Waals surface area (Å²) >= 11 is 0. The van der Waals surface area contributed by atoms with Gasteiger partial charge in [-0.25, -0.2) is 4.99 Å². The number of hydrogen-bond donors (Lipinski definition) is 3. The maximum absolute atomic E-state index is 11.4. The molecule has 0 aromatic heterocycles. The van der Waals surface area contributed by atoms with Gasteiger partial charge in [0.25, 0.3) is 0 Å². The highest BCUT2D eigenvalue weighted by atomic mass is 127. The molecule has 0 aliphatic rings. The van der Waals surface area contributed by atoms with Gasteiger partial charge < -0.3 is 20.7 Å². The highest BCUT2D eigenvalue weighted by Gasteiger charge is 2.06. The number of aliphatic imine (C=N–C) groups is 1. The molecule has 0 aliphatic carbocycles. The van der Waals surface area contributed by atoms with Gasteiger partial charge in [-0.15, -0.1) is 24.0 Å². The Labute approximate surface area is 184 Å². The molecule has 0 spiro atoms. The molecule has 0 heterocycles. The third kappa shape index (κ3) is 7.38. The summed E-state index contributed by atoms with van der Waals surface area (Å²) in [5, 5.41) is 9.41. The lowest BCUT2D eigenvalue weighted by atomic mass is 10.1. The number of amides is 1. The predicted molar refractivity (Wildman–Crippen MR) is 126 cm³/mol. The Hall–Kier alpha value is -2.29. The summed E-state index contributed by atoms with van der Waals surface area (Å²) in [5.41, 5.74) is 4.11. The highest BCUT2D eigenvalue weighted by molar-refractivity contribution is 14.0. The molecule has 0 unspecified atom stereocenters. The lowest BCUT2D eigenvalue weighted by Crippen LogP contribution is -2.36. The molecule has 0 saturated carbocycles. The number of carbonyl (C=O) groups is 1. The number of hydrogen-bond acceptors (Lipinski definition) is 3. The average Bonchev–Trinajstić information content (AvgIpc) is 2.65. The van der Waals surface area contributed by atoms with Crippen LogP contribution in [-0.4, -0.2) is 25.5 Å². The quantitative estimate of drug-likeness (QED) is 0.310. The maximum Gasteiger partial charge on any atom is 0.221 e. The third-order valence-electron chi connectivity index (χ3n) is 4.05. The normalized spacial score (nSPS) is 10.6. The van der Waals surface area contributed by atoms with Crippen LogP contribution in [0.5, 0.6) is 5.75 Å². The first kappa shape index (κ1) is 23.7. The van der Waals surface area contributed by atoms with Gasteiger partial charge in [-0.05, 0) is 42.7 Å². The Morgan fingerprint density at radius 3 is 2.54 bits per heavy atom. The van der Waals surface area contributed by atoms with E-state index in [1.807, 2.05) is 37.3 Å². The maximum atomic E-state index is 11.4. The van der Waals surface area contributed by atoms with E-state index in [1.54, 1.807) is 7.11 Å². The topological polar surface area (TPSA) is 74.8 Å². The van der Waals surface area contributed by atoms with Crippen LogP contribution >= 0.6 is 24.0 Å². The van der Waals surface area contributed by atoms with E-state index < -0.39 is 0 Å². The van der Waals surface area contributed by atoms with Crippen LogP contribution in [0.15, 0.2) is 47.5 Å². The van der Waals surface area contributed by atoms with Crippen LogP contribution in [0.4, 0.5) is 5.69 Å². The third-order valence-corrected chi connectivity index (χ3v) is 4.05. The van der Waals surface area contributed by atoms with Gasteiger partial charge in [-0.2, -0.15) is 0 Å². The van der Waals surface area contributed by atoms with Crippen LogP contribution in [-0.2, 0) is 17.9 Å². The van der Waals surface area contributed by atoms with E-state index in [2.05, 4.69) is 40.0 Å². The van der Waals surface area contributed by atoms with Gasteiger partial charge in [0.15, 0.2) is 5.96 Å². The summed E-state index contributed by atoms with van der Waals surface area (Å²) in [7, 11) is 1.58. The number of halogens is 1. The molecule has 0 saturated heterocycles. The standard InChI is InChI=1S/C21H28N4O2.HI/c1-5-22-21(24-14-18-9-7-6-8-15(18)2)23-13-17-10-11-20(27-4)19(12-17)25-16(3)26;/h6-12H,5,13-14H2,1-4H3,(H,25,26)(H2,22,23,24);1H. The van der Waals surface area contributed by atoms with Crippen molar-refractivity contribution in [2.45, 2.75) is 33.9 Å². The van der Waals surface area contributed by atoms with Crippen molar-refractivity contribution < 1.29 is 9.53 Å². The first-order valence-corrected chi connectivity index (χ1v) is 9.04. The number of methoxy groups -OCH3 is 1. The van der Waals surface area contributed by atoms with E-state index in [-0.39, 0.29) is 29.9 Å². The molecule has 0 atom stereocenters. The van der Waals surface area contributed by atoms with E-state index in [9.17, 15) is 4.79 Å². The minimum Gasteiger partial charge on any atom is -0.495 e. The number of rotatable bonds is 7. The van der Waals surface area contributed by atoms with E-state index in [0.717, 1.165) is 18.1 Å². The largest absolute Gasteiger partial charge is 0.495 e. The number of anilines is 1. The summed E-state index contributed by atoms with van der Waals surface area (Å²) in [5.74, 6) is 1.24. The van der Waals surface area contributed by atoms with Gasteiger partial charge in [0, 0.05) is 20.0 Å². The van der Waals surface area contributed by atoms with Gasteiger partial charge in [-0.3, -0.25) is 4.79 Å². The zero-order valence-electron chi connectivity index (χ0n) is 16.8. The Bertz CT molecular complexity index is 809. The second kappa shape index (κ2) is 12.2. The van der Waals surface area contributed by atoms with Crippen LogP contribution in [0, 0.1) is 6.92 Å². The second-order valence-corrected chi connectivity index (χ2v) is 6.19. The second-order valence-electron chi connectivity index (χ2n) is 6.19. The molecule has 0 radical (unpaired) electrons. The molecular weight excluding hydrogens is 467 g/mol. The monoisotopic (exact) mass is 496 g/mol. The fraction of sp³-hybridized carbons (Fsp3) is 0.333. The SMILES string of the molecule is CCNC(=NCc1ccc(OC)c(NC(C)=O)c1)NCc1ccccc1C.I. The van der Waals surface area contributed by atoms with Crippen molar-refractivity contribution in [3.8, 4) is 5.75 Å². The minimum absolute atomic E-state index is 0. The molecule has 0 aliphatic heterocycles. The van der Waals surface area contributed by atoms with Crippen LogP contribution in [0.3, 0.4) is 0 Å².